The summed E-state index contributed by atoms with van der Waals surface area (Å²) in [7, 11) is 0. The van der Waals surface area contributed by atoms with Crippen LogP contribution in [0.25, 0.3) is 11.0 Å². The summed E-state index contributed by atoms with van der Waals surface area (Å²) in [6, 6.07) is 15.8. The molecule has 1 amide bonds. The smallest absolute Gasteiger partial charge is 0.227 e. The fraction of sp³-hybridized carbons (Fsp3) is 0.364. The Morgan fingerprint density at radius 3 is 2.67 bits per heavy atom. The van der Waals surface area contributed by atoms with Crippen LogP contribution in [0.2, 0.25) is 5.02 Å². The maximum Gasteiger partial charge on any atom is 0.227 e. The van der Waals surface area contributed by atoms with Gasteiger partial charge >= 0.3 is 0 Å². The van der Waals surface area contributed by atoms with Crippen LogP contribution in [0, 0.1) is 5.92 Å². The molecule has 1 fully saturated rings. The molecular weight excluding hydrogens is 358 g/mol. The Morgan fingerprint density at radius 2 is 1.89 bits per heavy atom. The van der Waals surface area contributed by atoms with Crippen molar-refractivity contribution in [1.82, 2.24) is 9.55 Å². The monoisotopic (exact) mass is 381 g/mol. The van der Waals surface area contributed by atoms with Crippen molar-refractivity contribution >= 4 is 34.2 Å². The first-order valence-corrected chi connectivity index (χ1v) is 9.92. The van der Waals surface area contributed by atoms with E-state index in [0.717, 1.165) is 35.5 Å². The third-order valence-electron chi connectivity index (χ3n) is 5.25. The molecule has 0 radical (unpaired) electrons. The molecular formula is C22H24ClN3O. The number of nitrogens with zero attached hydrogens (tertiary/aromatic N) is 3. The lowest BCUT2D eigenvalue weighted by molar-refractivity contribution is -0.117. The molecule has 4 nitrogen and oxygen atoms in total. The molecule has 0 bridgehead atoms. The summed E-state index contributed by atoms with van der Waals surface area (Å²) in [4.78, 5) is 19.4. The third kappa shape index (κ3) is 3.46. The number of rotatable bonds is 5. The zero-order valence-corrected chi connectivity index (χ0v) is 16.5. The molecule has 1 aliphatic rings. The molecule has 0 saturated carbocycles. The molecule has 3 aromatic rings. The van der Waals surface area contributed by atoms with Gasteiger partial charge in [-0.2, -0.15) is 0 Å². The van der Waals surface area contributed by atoms with Crippen LogP contribution in [0.5, 0.6) is 0 Å². The van der Waals surface area contributed by atoms with Crippen LogP contribution in [-0.4, -0.2) is 22.0 Å². The van der Waals surface area contributed by atoms with Crippen molar-refractivity contribution < 1.29 is 4.79 Å². The maximum atomic E-state index is 12.7. The Balaban J connectivity index is 1.69. The molecule has 1 aromatic heterocycles. The molecule has 4 rings (SSSR count). The lowest BCUT2D eigenvalue weighted by Crippen LogP contribution is -2.24. The van der Waals surface area contributed by atoms with Gasteiger partial charge in [0.15, 0.2) is 0 Å². The van der Waals surface area contributed by atoms with E-state index in [1.54, 1.807) is 4.90 Å². The third-order valence-corrected chi connectivity index (χ3v) is 5.57. The highest BCUT2D eigenvalue weighted by Gasteiger charge is 2.35. The van der Waals surface area contributed by atoms with E-state index in [4.69, 9.17) is 16.6 Å². The second-order valence-corrected chi connectivity index (χ2v) is 8.06. The topological polar surface area (TPSA) is 38.1 Å². The Morgan fingerprint density at radius 1 is 1.15 bits per heavy atom. The van der Waals surface area contributed by atoms with E-state index in [1.165, 1.54) is 0 Å². The Bertz CT molecular complexity index is 979. The molecule has 2 aromatic carbocycles. The van der Waals surface area contributed by atoms with E-state index >= 15 is 0 Å². The highest BCUT2D eigenvalue weighted by molar-refractivity contribution is 6.33. The number of hydrogen-bond acceptors (Lipinski definition) is 2. The van der Waals surface area contributed by atoms with Crippen LogP contribution in [-0.2, 0) is 11.3 Å². The number of carbonyl (C=O) groups is 1. The lowest BCUT2D eigenvalue weighted by atomic mass is 10.1. The molecule has 0 unspecified atom stereocenters. The summed E-state index contributed by atoms with van der Waals surface area (Å²) in [5, 5.41) is 0.611. The van der Waals surface area contributed by atoms with Crippen LogP contribution in [0.3, 0.4) is 0 Å². The minimum absolute atomic E-state index is 0.0772. The SMILES string of the molecule is CC(C)CCn1c([C@@H]2CC(=O)N(c3ccccc3Cl)C2)nc2ccccc21. The van der Waals surface area contributed by atoms with Gasteiger partial charge in [-0.05, 0) is 36.6 Å². The van der Waals surface area contributed by atoms with Crippen molar-refractivity contribution in [3.05, 3.63) is 59.4 Å². The number of aryl methyl sites for hydroxylation is 1. The van der Waals surface area contributed by atoms with Gasteiger partial charge in [0, 0.05) is 25.4 Å². The highest BCUT2D eigenvalue weighted by Crippen LogP contribution is 2.36. The second kappa shape index (κ2) is 7.35. The normalized spacial score (nSPS) is 17.4. The zero-order valence-electron chi connectivity index (χ0n) is 15.7. The molecule has 1 atom stereocenters. The lowest BCUT2D eigenvalue weighted by Gasteiger charge is -2.18. The quantitative estimate of drug-likeness (QED) is 0.604. The first-order valence-electron chi connectivity index (χ1n) is 9.54. The Kier molecular flexibility index (Phi) is 4.92. The number of benzene rings is 2. The van der Waals surface area contributed by atoms with Gasteiger partial charge in [0.1, 0.15) is 5.82 Å². The number of fused-ring (bicyclic) bond motifs is 1. The van der Waals surface area contributed by atoms with Crippen molar-refractivity contribution in [2.45, 2.75) is 39.2 Å². The molecule has 5 heteroatoms. The number of carbonyl (C=O) groups excluding carboxylic acids is 1. The van der Waals surface area contributed by atoms with Crippen molar-refractivity contribution in [1.29, 1.82) is 0 Å². The fourth-order valence-corrected chi connectivity index (χ4v) is 4.05. The van der Waals surface area contributed by atoms with Gasteiger partial charge < -0.3 is 9.47 Å². The van der Waals surface area contributed by atoms with E-state index in [9.17, 15) is 4.79 Å². The van der Waals surface area contributed by atoms with E-state index in [2.05, 4.69) is 30.5 Å². The summed E-state index contributed by atoms with van der Waals surface area (Å²) in [6.07, 6.45) is 1.55. The van der Waals surface area contributed by atoms with E-state index in [0.29, 0.717) is 23.9 Å². The standard InChI is InChI=1S/C22H24ClN3O/c1-15(2)11-12-25-20-10-6-4-8-18(20)24-22(25)16-13-21(27)26(14-16)19-9-5-3-7-17(19)23/h3-10,15-16H,11-14H2,1-2H3/t16-/m1/s1. The number of amides is 1. The van der Waals surface area contributed by atoms with Crippen LogP contribution in [0.15, 0.2) is 48.5 Å². The molecule has 0 spiro atoms. The van der Waals surface area contributed by atoms with Gasteiger partial charge in [0.25, 0.3) is 0 Å². The molecule has 140 valence electrons. The minimum Gasteiger partial charge on any atom is -0.328 e. The maximum absolute atomic E-state index is 12.7. The second-order valence-electron chi connectivity index (χ2n) is 7.65. The number of para-hydroxylation sites is 3. The number of imidazole rings is 1. The van der Waals surface area contributed by atoms with Crippen LogP contribution in [0.4, 0.5) is 5.69 Å². The average molecular weight is 382 g/mol. The first-order chi connectivity index (χ1) is 13.0. The molecule has 0 N–H and O–H groups in total. The largest absolute Gasteiger partial charge is 0.328 e. The van der Waals surface area contributed by atoms with Gasteiger partial charge in [0.05, 0.1) is 21.7 Å². The van der Waals surface area contributed by atoms with Crippen LogP contribution < -0.4 is 4.90 Å². The fourth-order valence-electron chi connectivity index (χ4n) is 3.81. The highest BCUT2D eigenvalue weighted by atomic mass is 35.5. The predicted molar refractivity (Wildman–Crippen MR) is 110 cm³/mol. The molecule has 2 heterocycles. The molecule has 1 saturated heterocycles. The van der Waals surface area contributed by atoms with Gasteiger partial charge in [-0.3, -0.25) is 4.79 Å². The van der Waals surface area contributed by atoms with Crippen molar-refractivity contribution in [2.75, 3.05) is 11.4 Å². The van der Waals surface area contributed by atoms with E-state index in [1.807, 2.05) is 36.4 Å². The zero-order chi connectivity index (χ0) is 19.0. The minimum atomic E-state index is 0.0772. The Hall–Kier alpha value is -2.33. The molecule has 1 aliphatic heterocycles. The van der Waals surface area contributed by atoms with E-state index in [-0.39, 0.29) is 11.8 Å². The first kappa shape index (κ1) is 18.1. The van der Waals surface area contributed by atoms with Crippen molar-refractivity contribution in [3.63, 3.8) is 0 Å². The van der Waals surface area contributed by atoms with Crippen molar-refractivity contribution in [2.24, 2.45) is 5.92 Å². The summed E-state index contributed by atoms with van der Waals surface area (Å²) >= 11 is 6.33. The summed E-state index contributed by atoms with van der Waals surface area (Å²) in [6.45, 7) is 6.01. The number of hydrogen-bond donors (Lipinski definition) is 0. The summed E-state index contributed by atoms with van der Waals surface area (Å²) in [5.74, 6) is 1.81. The summed E-state index contributed by atoms with van der Waals surface area (Å²) in [5.41, 5.74) is 2.94. The molecule has 0 aliphatic carbocycles. The van der Waals surface area contributed by atoms with Gasteiger partial charge in [-0.25, -0.2) is 4.98 Å². The van der Waals surface area contributed by atoms with Crippen molar-refractivity contribution in [3.8, 4) is 0 Å². The van der Waals surface area contributed by atoms with Crippen LogP contribution >= 0.6 is 11.6 Å². The van der Waals surface area contributed by atoms with E-state index < -0.39 is 0 Å². The predicted octanol–water partition coefficient (Wildman–Crippen LogP) is 5.26. The molecule has 27 heavy (non-hydrogen) atoms. The Labute approximate surface area is 164 Å². The van der Waals surface area contributed by atoms with Gasteiger partial charge in [-0.15, -0.1) is 0 Å². The average Bonchev–Trinajstić information content (AvgIpc) is 3.21. The van der Waals surface area contributed by atoms with Gasteiger partial charge in [0.2, 0.25) is 5.91 Å². The van der Waals surface area contributed by atoms with Gasteiger partial charge in [-0.1, -0.05) is 49.7 Å². The number of aromatic nitrogens is 2. The number of halogens is 1. The number of anilines is 1. The summed E-state index contributed by atoms with van der Waals surface area (Å²) < 4.78 is 2.31. The van der Waals surface area contributed by atoms with Crippen LogP contribution in [0.1, 0.15) is 38.4 Å².